The second kappa shape index (κ2) is 8.16. The fourth-order valence-corrected chi connectivity index (χ4v) is 4.82. The number of aryl methyl sites for hydroxylation is 1. The van der Waals surface area contributed by atoms with Crippen molar-refractivity contribution in [3.63, 3.8) is 0 Å². The van der Waals surface area contributed by atoms with Gasteiger partial charge < -0.3 is 10.2 Å². The van der Waals surface area contributed by atoms with Gasteiger partial charge in [0.25, 0.3) is 5.91 Å². The first-order valence-corrected chi connectivity index (χ1v) is 10.6. The lowest BCUT2D eigenvalue weighted by molar-refractivity contribution is 0.102. The summed E-state index contributed by atoms with van der Waals surface area (Å²) in [7, 11) is -1.76. The molecule has 0 radical (unpaired) electrons. The Hall–Kier alpha value is -2.00. The predicted molar refractivity (Wildman–Crippen MR) is 107 cm³/mol. The van der Waals surface area contributed by atoms with Crippen molar-refractivity contribution in [3.05, 3.63) is 58.4 Å². The van der Waals surface area contributed by atoms with E-state index in [0.717, 1.165) is 6.07 Å². The summed E-state index contributed by atoms with van der Waals surface area (Å²) in [6, 6.07) is 8.37. The molecular weight excluding hydrogens is 405 g/mol. The van der Waals surface area contributed by atoms with Crippen molar-refractivity contribution in [2.24, 2.45) is 0 Å². The molecule has 0 aromatic heterocycles. The van der Waals surface area contributed by atoms with Gasteiger partial charge in [-0.15, -0.1) is 0 Å². The van der Waals surface area contributed by atoms with Crippen molar-refractivity contribution < 1.29 is 17.6 Å². The lowest BCUT2D eigenvalue weighted by Crippen LogP contribution is -2.47. The topological polar surface area (TPSA) is 69.7 Å². The number of hydrogen-bond acceptors (Lipinski definition) is 4. The van der Waals surface area contributed by atoms with Crippen LogP contribution in [0.15, 0.2) is 41.3 Å². The number of nitrogens with one attached hydrogen (secondary N) is 1. The number of carbonyl (C=O) groups excluding carboxylic acids is 1. The molecule has 2 aromatic rings. The van der Waals surface area contributed by atoms with Crippen LogP contribution in [-0.2, 0) is 10.0 Å². The third kappa shape index (κ3) is 4.35. The van der Waals surface area contributed by atoms with Gasteiger partial charge in [-0.2, -0.15) is 4.31 Å². The Morgan fingerprint density at radius 3 is 2.43 bits per heavy atom. The minimum absolute atomic E-state index is 0.111. The Bertz CT molecular complexity index is 1010. The standard InChI is InChI=1S/C19H21ClFN3O3S/c1-13-3-4-14(19(25)22-15-5-6-17(21)16(20)12-15)11-18(13)28(26,27)24-9-7-23(2)8-10-24/h3-6,11-12H,7-10H2,1-2H3,(H,22,25). The average molecular weight is 426 g/mol. The van der Waals surface area contributed by atoms with Gasteiger partial charge in [0.1, 0.15) is 5.82 Å². The molecule has 0 saturated carbocycles. The number of hydrogen-bond donors (Lipinski definition) is 1. The van der Waals surface area contributed by atoms with Crippen molar-refractivity contribution in [1.29, 1.82) is 0 Å². The molecule has 1 fully saturated rings. The number of anilines is 1. The molecule has 1 aliphatic heterocycles. The van der Waals surface area contributed by atoms with Crippen LogP contribution in [0.1, 0.15) is 15.9 Å². The highest BCUT2D eigenvalue weighted by molar-refractivity contribution is 7.89. The maximum Gasteiger partial charge on any atom is 0.255 e. The molecule has 0 bridgehead atoms. The van der Waals surface area contributed by atoms with E-state index in [4.69, 9.17) is 11.6 Å². The van der Waals surface area contributed by atoms with Gasteiger partial charge in [0.2, 0.25) is 10.0 Å². The van der Waals surface area contributed by atoms with Gasteiger partial charge in [0, 0.05) is 37.4 Å². The second-order valence-corrected chi connectivity index (χ2v) is 9.08. The van der Waals surface area contributed by atoms with Gasteiger partial charge in [-0.05, 0) is 49.9 Å². The molecule has 1 amide bonds. The van der Waals surface area contributed by atoms with Crippen LogP contribution >= 0.6 is 11.6 Å². The maximum atomic E-state index is 13.3. The molecule has 0 spiro atoms. The summed E-state index contributed by atoms with van der Waals surface area (Å²) in [5, 5.41) is 2.49. The van der Waals surface area contributed by atoms with Crippen LogP contribution in [0.2, 0.25) is 5.02 Å². The molecule has 1 saturated heterocycles. The van der Waals surface area contributed by atoms with Crippen molar-refractivity contribution in [1.82, 2.24) is 9.21 Å². The molecular formula is C19H21ClFN3O3S. The molecule has 0 atom stereocenters. The fourth-order valence-electron chi connectivity index (χ4n) is 2.96. The van der Waals surface area contributed by atoms with E-state index in [1.165, 1.54) is 22.5 Å². The Morgan fingerprint density at radius 1 is 1.11 bits per heavy atom. The molecule has 0 unspecified atom stereocenters. The van der Waals surface area contributed by atoms with Gasteiger partial charge in [-0.25, -0.2) is 12.8 Å². The zero-order chi connectivity index (χ0) is 20.5. The highest BCUT2D eigenvalue weighted by atomic mass is 35.5. The SMILES string of the molecule is Cc1ccc(C(=O)Nc2ccc(F)c(Cl)c2)cc1S(=O)(=O)N1CCN(C)CC1. The molecule has 1 N–H and O–H groups in total. The van der Waals surface area contributed by atoms with Crippen LogP contribution in [0.3, 0.4) is 0 Å². The Morgan fingerprint density at radius 2 is 1.79 bits per heavy atom. The van der Waals surface area contributed by atoms with E-state index in [9.17, 15) is 17.6 Å². The zero-order valence-corrected chi connectivity index (χ0v) is 17.1. The number of carbonyl (C=O) groups is 1. The smallest absolute Gasteiger partial charge is 0.255 e. The fraction of sp³-hybridized carbons (Fsp3) is 0.316. The van der Waals surface area contributed by atoms with Crippen LogP contribution in [0, 0.1) is 12.7 Å². The van der Waals surface area contributed by atoms with E-state index >= 15 is 0 Å². The summed E-state index contributed by atoms with van der Waals surface area (Å²) in [4.78, 5) is 14.7. The molecule has 0 aliphatic carbocycles. The van der Waals surface area contributed by atoms with Crippen molar-refractivity contribution in [2.75, 3.05) is 38.5 Å². The second-order valence-electron chi connectivity index (χ2n) is 6.77. The first kappa shape index (κ1) is 20.7. The minimum Gasteiger partial charge on any atom is -0.322 e. The number of nitrogens with zero attached hydrogens (tertiary/aromatic N) is 2. The van der Waals surface area contributed by atoms with Crippen molar-refractivity contribution in [2.45, 2.75) is 11.8 Å². The van der Waals surface area contributed by atoms with E-state index < -0.39 is 21.7 Å². The summed E-state index contributed by atoms with van der Waals surface area (Å²) in [6.07, 6.45) is 0. The van der Waals surface area contributed by atoms with Crippen LogP contribution in [0.5, 0.6) is 0 Å². The van der Waals surface area contributed by atoms with E-state index in [2.05, 4.69) is 10.2 Å². The molecule has 150 valence electrons. The number of likely N-dealkylation sites (N-methyl/N-ethyl adjacent to an activating group) is 1. The Labute approximate surface area is 168 Å². The zero-order valence-electron chi connectivity index (χ0n) is 15.6. The van der Waals surface area contributed by atoms with E-state index in [1.54, 1.807) is 19.1 Å². The number of rotatable bonds is 4. The summed E-state index contributed by atoms with van der Waals surface area (Å²) < 4.78 is 40.8. The predicted octanol–water partition coefficient (Wildman–Crippen LogP) is 2.98. The first-order valence-electron chi connectivity index (χ1n) is 8.74. The number of benzene rings is 2. The monoisotopic (exact) mass is 425 g/mol. The summed E-state index contributed by atoms with van der Waals surface area (Å²) >= 11 is 5.73. The lowest BCUT2D eigenvalue weighted by Gasteiger charge is -2.32. The van der Waals surface area contributed by atoms with Crippen LogP contribution in [0.25, 0.3) is 0 Å². The van der Waals surface area contributed by atoms with Gasteiger partial charge in [-0.1, -0.05) is 17.7 Å². The quantitative estimate of drug-likeness (QED) is 0.817. The number of sulfonamides is 1. The van der Waals surface area contributed by atoms with E-state index in [-0.39, 0.29) is 15.5 Å². The highest BCUT2D eigenvalue weighted by Crippen LogP contribution is 2.24. The van der Waals surface area contributed by atoms with E-state index in [1.807, 2.05) is 7.05 Å². The van der Waals surface area contributed by atoms with Crippen LogP contribution in [-0.4, -0.2) is 56.8 Å². The molecule has 3 rings (SSSR count). The highest BCUT2D eigenvalue weighted by Gasteiger charge is 2.29. The third-order valence-electron chi connectivity index (χ3n) is 4.71. The lowest BCUT2D eigenvalue weighted by atomic mass is 10.1. The van der Waals surface area contributed by atoms with E-state index in [0.29, 0.717) is 37.4 Å². The van der Waals surface area contributed by atoms with Gasteiger partial charge in [0.15, 0.2) is 0 Å². The number of halogens is 2. The average Bonchev–Trinajstić information content (AvgIpc) is 2.65. The third-order valence-corrected chi connectivity index (χ3v) is 7.04. The Kier molecular flexibility index (Phi) is 6.04. The van der Waals surface area contributed by atoms with Gasteiger partial charge in [-0.3, -0.25) is 4.79 Å². The number of amides is 1. The molecule has 6 nitrogen and oxygen atoms in total. The summed E-state index contributed by atoms with van der Waals surface area (Å²) in [6.45, 7) is 3.82. The molecule has 28 heavy (non-hydrogen) atoms. The minimum atomic E-state index is -3.70. The van der Waals surface area contributed by atoms with Gasteiger partial charge in [0.05, 0.1) is 9.92 Å². The molecule has 2 aromatic carbocycles. The largest absolute Gasteiger partial charge is 0.322 e. The van der Waals surface area contributed by atoms with Crippen molar-refractivity contribution in [3.8, 4) is 0 Å². The maximum absolute atomic E-state index is 13.3. The molecule has 1 heterocycles. The normalized spacial score (nSPS) is 16.1. The van der Waals surface area contributed by atoms with Crippen LogP contribution in [0.4, 0.5) is 10.1 Å². The summed E-state index contributed by atoms with van der Waals surface area (Å²) in [5.41, 5.74) is 1.08. The number of piperazine rings is 1. The van der Waals surface area contributed by atoms with Crippen molar-refractivity contribution >= 4 is 33.2 Å². The molecule has 1 aliphatic rings. The Balaban J connectivity index is 1.86. The first-order chi connectivity index (χ1) is 13.2. The summed E-state index contributed by atoms with van der Waals surface area (Å²) in [5.74, 6) is -1.09. The van der Waals surface area contributed by atoms with Crippen LogP contribution < -0.4 is 5.32 Å². The molecule has 9 heteroatoms. The van der Waals surface area contributed by atoms with Gasteiger partial charge >= 0.3 is 0 Å².